The molecule has 0 spiro atoms. The lowest BCUT2D eigenvalue weighted by atomic mass is 9.79. The van der Waals surface area contributed by atoms with E-state index in [1.54, 1.807) is 25.7 Å². The smallest absolute Gasteiger partial charge is 0.0625 e. The van der Waals surface area contributed by atoms with Gasteiger partial charge in [-0.2, -0.15) is 0 Å². The summed E-state index contributed by atoms with van der Waals surface area (Å²) in [4.78, 5) is 0. The summed E-state index contributed by atoms with van der Waals surface area (Å²) in [6, 6.07) is 0. The van der Waals surface area contributed by atoms with Crippen molar-refractivity contribution in [1.82, 2.24) is 0 Å². The Morgan fingerprint density at radius 2 is 1.31 bits per heavy atom. The van der Waals surface area contributed by atoms with Crippen molar-refractivity contribution < 1.29 is 0 Å². The zero-order valence-corrected chi connectivity index (χ0v) is 12.0. The number of hydrogen-bond donors (Lipinski definition) is 0. The van der Waals surface area contributed by atoms with E-state index in [0.29, 0.717) is 0 Å². The second-order valence-corrected chi connectivity index (χ2v) is 8.72. The Balaban J connectivity index is 1.60. The molecule has 0 radical (unpaired) electrons. The van der Waals surface area contributed by atoms with E-state index in [2.05, 4.69) is 13.2 Å². The molecule has 0 amide bonds. The quantitative estimate of drug-likeness (QED) is 0.648. The molecular formula is C15H29S+. The summed E-state index contributed by atoms with van der Waals surface area (Å²) in [6.45, 7) is 2.43. The summed E-state index contributed by atoms with van der Waals surface area (Å²) >= 11 is 0. The second-order valence-electron chi connectivity index (χ2n) is 6.34. The maximum atomic E-state index is 2.46. The van der Waals surface area contributed by atoms with Gasteiger partial charge in [0.25, 0.3) is 0 Å². The summed E-state index contributed by atoms with van der Waals surface area (Å²) in [5.74, 6) is 6.28. The fourth-order valence-electron chi connectivity index (χ4n) is 3.36. The van der Waals surface area contributed by atoms with Gasteiger partial charge in [0.2, 0.25) is 0 Å². The summed E-state index contributed by atoms with van der Waals surface area (Å²) in [6.07, 6.45) is 14.7. The number of hydrogen-bond acceptors (Lipinski definition) is 0. The Morgan fingerprint density at radius 1 is 0.812 bits per heavy atom. The highest BCUT2D eigenvalue weighted by Crippen LogP contribution is 2.33. The van der Waals surface area contributed by atoms with Crippen molar-refractivity contribution in [2.75, 3.05) is 17.8 Å². The fraction of sp³-hybridized carbons (Fsp3) is 1.00. The molecule has 1 saturated carbocycles. The van der Waals surface area contributed by atoms with Crippen LogP contribution in [0.2, 0.25) is 0 Å². The van der Waals surface area contributed by atoms with Gasteiger partial charge in [-0.25, -0.2) is 0 Å². The molecule has 0 aromatic rings. The first kappa shape index (κ1) is 12.8. The number of rotatable bonds is 3. The van der Waals surface area contributed by atoms with Crippen molar-refractivity contribution in [2.45, 2.75) is 58.3 Å². The molecule has 0 unspecified atom stereocenters. The van der Waals surface area contributed by atoms with E-state index in [0.717, 1.165) is 28.6 Å². The molecule has 2 rings (SSSR count). The third-order valence-electron chi connectivity index (χ3n) is 4.87. The van der Waals surface area contributed by atoms with E-state index >= 15 is 0 Å². The van der Waals surface area contributed by atoms with E-state index < -0.39 is 0 Å². The molecule has 0 aromatic carbocycles. The van der Waals surface area contributed by atoms with E-state index in [4.69, 9.17) is 0 Å². The summed E-state index contributed by atoms with van der Waals surface area (Å²) in [5.41, 5.74) is 0. The van der Waals surface area contributed by atoms with E-state index in [1.807, 2.05) is 0 Å². The molecule has 1 heterocycles. The Kier molecular flexibility index (Phi) is 5.06. The lowest BCUT2D eigenvalue weighted by Gasteiger charge is -2.28. The normalized spacial score (nSPS) is 40.9. The van der Waals surface area contributed by atoms with Crippen molar-refractivity contribution in [3.63, 3.8) is 0 Å². The van der Waals surface area contributed by atoms with Crippen LogP contribution >= 0.6 is 0 Å². The average molecular weight is 241 g/mol. The third kappa shape index (κ3) is 3.98. The minimum atomic E-state index is 0.776. The molecule has 94 valence electrons. The lowest BCUT2D eigenvalue weighted by molar-refractivity contribution is 0.257. The first-order chi connectivity index (χ1) is 7.74. The summed E-state index contributed by atoms with van der Waals surface area (Å²) in [7, 11) is 0.776. The van der Waals surface area contributed by atoms with Crippen LogP contribution in [0.15, 0.2) is 0 Å². The zero-order chi connectivity index (χ0) is 11.4. The highest BCUT2D eigenvalue weighted by molar-refractivity contribution is 7.96. The van der Waals surface area contributed by atoms with Crippen LogP contribution in [0.3, 0.4) is 0 Å². The maximum absolute atomic E-state index is 2.46. The van der Waals surface area contributed by atoms with E-state index in [1.165, 1.54) is 37.2 Å². The van der Waals surface area contributed by atoms with Gasteiger partial charge in [-0.15, -0.1) is 0 Å². The average Bonchev–Trinajstić information content (AvgIpc) is 2.30. The molecule has 1 heteroatoms. The minimum absolute atomic E-state index is 0.776. The minimum Gasteiger partial charge on any atom is -0.0625 e. The zero-order valence-electron chi connectivity index (χ0n) is 11.2. The molecule has 0 nitrogen and oxygen atoms in total. The van der Waals surface area contributed by atoms with Gasteiger partial charge >= 0.3 is 0 Å². The predicted molar refractivity (Wildman–Crippen MR) is 76.1 cm³/mol. The van der Waals surface area contributed by atoms with Crippen LogP contribution in [0.4, 0.5) is 0 Å². The van der Waals surface area contributed by atoms with Gasteiger partial charge in [0, 0.05) is 0 Å². The van der Waals surface area contributed by atoms with Gasteiger partial charge in [-0.05, 0) is 47.9 Å². The van der Waals surface area contributed by atoms with Crippen LogP contribution in [0.1, 0.15) is 58.3 Å². The molecule has 1 aliphatic carbocycles. The van der Waals surface area contributed by atoms with Crippen LogP contribution < -0.4 is 0 Å². The fourth-order valence-corrected chi connectivity index (χ4v) is 5.04. The van der Waals surface area contributed by atoms with Crippen LogP contribution in [0.25, 0.3) is 0 Å². The van der Waals surface area contributed by atoms with Crippen molar-refractivity contribution >= 4 is 10.9 Å². The van der Waals surface area contributed by atoms with Gasteiger partial charge in [0.15, 0.2) is 0 Å². The largest absolute Gasteiger partial charge is 0.108 e. The first-order valence-electron chi connectivity index (χ1n) is 7.33. The van der Waals surface area contributed by atoms with Gasteiger partial charge in [0.05, 0.1) is 6.26 Å². The Labute approximate surface area is 105 Å². The van der Waals surface area contributed by atoms with Gasteiger partial charge in [-0.1, -0.05) is 39.0 Å². The molecule has 16 heavy (non-hydrogen) atoms. The molecule has 0 aromatic heterocycles. The van der Waals surface area contributed by atoms with E-state index in [9.17, 15) is 0 Å². The van der Waals surface area contributed by atoms with Gasteiger partial charge < -0.3 is 0 Å². The van der Waals surface area contributed by atoms with Crippen molar-refractivity contribution in [1.29, 1.82) is 0 Å². The van der Waals surface area contributed by atoms with Gasteiger partial charge in [-0.3, -0.25) is 0 Å². The van der Waals surface area contributed by atoms with Crippen molar-refractivity contribution in [2.24, 2.45) is 17.8 Å². The molecule has 0 N–H and O–H groups in total. The highest BCUT2D eigenvalue weighted by atomic mass is 32.2. The Morgan fingerprint density at radius 3 is 1.88 bits per heavy atom. The van der Waals surface area contributed by atoms with Crippen LogP contribution in [0, 0.1) is 17.8 Å². The summed E-state index contributed by atoms with van der Waals surface area (Å²) in [5, 5.41) is 0. The first-order valence-corrected chi connectivity index (χ1v) is 9.30. The monoisotopic (exact) mass is 241 g/mol. The molecule has 2 aliphatic rings. The third-order valence-corrected chi connectivity index (χ3v) is 6.73. The van der Waals surface area contributed by atoms with Crippen LogP contribution in [0.5, 0.6) is 0 Å². The van der Waals surface area contributed by atoms with Gasteiger partial charge in [0.1, 0.15) is 11.5 Å². The topological polar surface area (TPSA) is 0 Å². The Hall–Kier alpha value is 0.350. The molecule has 1 aliphatic heterocycles. The van der Waals surface area contributed by atoms with Crippen molar-refractivity contribution in [3.05, 3.63) is 0 Å². The molecule has 0 bridgehead atoms. The van der Waals surface area contributed by atoms with Crippen LogP contribution in [-0.4, -0.2) is 17.8 Å². The standard InChI is InChI=1S/C15H29S/c1-13-3-5-14(6-4-13)7-8-15-9-11-16(2)12-10-15/h13-15H,3-12H2,1-2H3/q+1. The molecular weight excluding hydrogens is 212 g/mol. The molecule has 2 fully saturated rings. The SMILES string of the molecule is CC1CCC(CCC2CC[S+](C)CC2)CC1. The summed E-state index contributed by atoms with van der Waals surface area (Å²) < 4.78 is 0. The lowest BCUT2D eigenvalue weighted by Crippen LogP contribution is -2.23. The highest BCUT2D eigenvalue weighted by Gasteiger charge is 2.25. The van der Waals surface area contributed by atoms with Crippen LogP contribution in [-0.2, 0) is 10.9 Å². The molecule has 1 saturated heterocycles. The maximum Gasteiger partial charge on any atom is 0.108 e. The molecule has 0 atom stereocenters. The Bertz CT molecular complexity index is 164. The predicted octanol–water partition coefficient (Wildman–Crippen LogP) is 4.25. The van der Waals surface area contributed by atoms with Crippen molar-refractivity contribution in [3.8, 4) is 0 Å². The second kappa shape index (κ2) is 6.33. The van der Waals surface area contributed by atoms with E-state index in [-0.39, 0.29) is 0 Å².